The van der Waals surface area contributed by atoms with E-state index >= 15 is 0 Å². The number of fused-ring (bicyclic) bond motifs is 1. The van der Waals surface area contributed by atoms with Crippen molar-refractivity contribution in [2.75, 3.05) is 31.2 Å². The van der Waals surface area contributed by atoms with Gasteiger partial charge < -0.3 is 19.9 Å². The molecule has 162 valence electrons. The Balaban J connectivity index is 1.36. The normalized spacial score (nSPS) is 15.0. The number of amides is 1. The number of H-pyrrole nitrogens is 1. The molecule has 0 unspecified atom stereocenters. The molecule has 1 saturated heterocycles. The van der Waals surface area contributed by atoms with Gasteiger partial charge in [0.15, 0.2) is 0 Å². The van der Waals surface area contributed by atoms with Gasteiger partial charge in [0.25, 0.3) is 5.91 Å². The van der Waals surface area contributed by atoms with Crippen molar-refractivity contribution in [3.8, 4) is 11.1 Å². The van der Waals surface area contributed by atoms with Crippen LogP contribution in [0.15, 0.2) is 61.2 Å². The van der Waals surface area contributed by atoms with Crippen molar-refractivity contribution < 1.29 is 9.53 Å². The molecule has 4 aromatic rings. The van der Waals surface area contributed by atoms with Crippen LogP contribution in [-0.4, -0.2) is 52.1 Å². The maximum atomic E-state index is 12.6. The van der Waals surface area contributed by atoms with E-state index < -0.39 is 0 Å². The molecule has 2 N–H and O–H groups in total. The van der Waals surface area contributed by atoms with Crippen LogP contribution < -0.4 is 10.2 Å². The van der Waals surface area contributed by atoms with Crippen LogP contribution in [0.1, 0.15) is 29.1 Å². The second-order valence-electron chi connectivity index (χ2n) is 7.79. The topological polar surface area (TPSA) is 96.0 Å². The SMILES string of the molecule is C[C@H](NC(=O)c1ncc(-c2c[nH]c3ncc(N4CCOCC4)cc23)cn1)c1ccccc1. The molecule has 0 saturated carbocycles. The van der Waals surface area contributed by atoms with Gasteiger partial charge in [0, 0.05) is 48.2 Å². The maximum Gasteiger partial charge on any atom is 0.289 e. The smallest absolute Gasteiger partial charge is 0.289 e. The molecule has 1 aliphatic rings. The molecule has 0 aliphatic carbocycles. The lowest BCUT2D eigenvalue weighted by molar-refractivity contribution is 0.0929. The minimum Gasteiger partial charge on any atom is -0.378 e. The lowest BCUT2D eigenvalue weighted by atomic mass is 10.1. The van der Waals surface area contributed by atoms with Crippen molar-refractivity contribution in [2.45, 2.75) is 13.0 Å². The Morgan fingerprint density at radius 1 is 1.09 bits per heavy atom. The summed E-state index contributed by atoms with van der Waals surface area (Å²) in [5.74, 6) is -0.161. The highest BCUT2D eigenvalue weighted by atomic mass is 16.5. The quantitative estimate of drug-likeness (QED) is 0.506. The summed E-state index contributed by atoms with van der Waals surface area (Å²) in [5, 5.41) is 3.94. The van der Waals surface area contributed by atoms with Gasteiger partial charge in [-0.05, 0) is 18.6 Å². The molecule has 3 aromatic heterocycles. The number of nitrogens with zero attached hydrogens (tertiary/aromatic N) is 4. The molecule has 0 bridgehead atoms. The molecule has 8 nitrogen and oxygen atoms in total. The number of anilines is 1. The van der Waals surface area contributed by atoms with Crippen molar-refractivity contribution in [3.63, 3.8) is 0 Å². The van der Waals surface area contributed by atoms with Gasteiger partial charge in [-0.3, -0.25) is 4.79 Å². The first-order valence-electron chi connectivity index (χ1n) is 10.7. The fourth-order valence-electron chi connectivity index (χ4n) is 3.90. The summed E-state index contributed by atoms with van der Waals surface area (Å²) in [5.41, 5.74) is 4.67. The van der Waals surface area contributed by atoms with Crippen LogP contribution in [-0.2, 0) is 4.74 Å². The number of aromatic amines is 1. The highest BCUT2D eigenvalue weighted by Crippen LogP contribution is 2.30. The molecule has 0 radical (unpaired) electrons. The third-order valence-corrected chi connectivity index (χ3v) is 5.71. The third kappa shape index (κ3) is 4.04. The second kappa shape index (κ2) is 8.76. The lowest BCUT2D eigenvalue weighted by Gasteiger charge is -2.28. The molecule has 8 heteroatoms. The van der Waals surface area contributed by atoms with Gasteiger partial charge in [-0.15, -0.1) is 0 Å². The summed E-state index contributed by atoms with van der Waals surface area (Å²) < 4.78 is 5.45. The number of carbonyl (C=O) groups is 1. The van der Waals surface area contributed by atoms with E-state index in [9.17, 15) is 4.79 Å². The molecule has 1 atom stereocenters. The Hall–Kier alpha value is -3.78. The van der Waals surface area contributed by atoms with Crippen LogP contribution in [0.4, 0.5) is 5.69 Å². The van der Waals surface area contributed by atoms with E-state index in [0.717, 1.165) is 59.7 Å². The fourth-order valence-corrected chi connectivity index (χ4v) is 3.90. The second-order valence-corrected chi connectivity index (χ2v) is 7.79. The zero-order chi connectivity index (χ0) is 21.9. The largest absolute Gasteiger partial charge is 0.378 e. The molecule has 1 aromatic carbocycles. The number of rotatable bonds is 5. The summed E-state index contributed by atoms with van der Waals surface area (Å²) in [7, 11) is 0. The van der Waals surface area contributed by atoms with Crippen LogP contribution in [0.3, 0.4) is 0 Å². The monoisotopic (exact) mass is 428 g/mol. The van der Waals surface area contributed by atoms with E-state index in [1.54, 1.807) is 12.4 Å². The first kappa shape index (κ1) is 20.1. The van der Waals surface area contributed by atoms with Gasteiger partial charge in [-0.2, -0.15) is 0 Å². The van der Waals surface area contributed by atoms with Gasteiger partial charge in [-0.1, -0.05) is 30.3 Å². The Morgan fingerprint density at radius 3 is 2.59 bits per heavy atom. The zero-order valence-electron chi connectivity index (χ0n) is 17.8. The Kier molecular flexibility index (Phi) is 5.51. The zero-order valence-corrected chi connectivity index (χ0v) is 17.8. The average molecular weight is 428 g/mol. The first-order chi connectivity index (χ1) is 15.7. The van der Waals surface area contributed by atoms with Gasteiger partial charge in [-0.25, -0.2) is 15.0 Å². The van der Waals surface area contributed by atoms with E-state index in [0.29, 0.717) is 0 Å². The van der Waals surface area contributed by atoms with Gasteiger partial charge in [0.05, 0.1) is 31.1 Å². The number of aromatic nitrogens is 4. The number of carbonyl (C=O) groups excluding carboxylic acids is 1. The number of benzene rings is 1. The molecule has 32 heavy (non-hydrogen) atoms. The van der Waals surface area contributed by atoms with Crippen molar-refractivity contribution in [3.05, 3.63) is 72.6 Å². The van der Waals surface area contributed by atoms with Crippen molar-refractivity contribution >= 4 is 22.6 Å². The summed E-state index contributed by atoms with van der Waals surface area (Å²) >= 11 is 0. The third-order valence-electron chi connectivity index (χ3n) is 5.71. The standard InChI is InChI=1S/C24H24N6O2/c1-16(17-5-3-2-4-6-17)29-24(31)23-25-12-18(13-26-23)21-15-28-22-20(21)11-19(14-27-22)30-7-9-32-10-8-30/h2-6,11-16H,7-10H2,1H3,(H,27,28)(H,29,31)/t16-/m0/s1. The van der Waals surface area contributed by atoms with E-state index in [1.807, 2.05) is 49.6 Å². The Morgan fingerprint density at radius 2 is 1.84 bits per heavy atom. The van der Waals surface area contributed by atoms with E-state index in [-0.39, 0.29) is 17.8 Å². The number of hydrogen-bond acceptors (Lipinski definition) is 6. The molecule has 5 rings (SSSR count). The highest BCUT2D eigenvalue weighted by Gasteiger charge is 2.17. The summed E-state index contributed by atoms with van der Waals surface area (Å²) in [6, 6.07) is 11.8. The minimum absolute atomic E-state index is 0.134. The predicted octanol–water partition coefficient (Wildman–Crippen LogP) is 3.35. The Labute approximate surface area is 185 Å². The first-order valence-corrected chi connectivity index (χ1v) is 10.7. The molecular formula is C24H24N6O2. The molecule has 1 fully saturated rings. The fraction of sp³-hybridized carbons (Fsp3) is 0.250. The number of pyridine rings is 1. The number of morpholine rings is 1. The van der Waals surface area contributed by atoms with Crippen molar-refractivity contribution in [1.82, 2.24) is 25.3 Å². The van der Waals surface area contributed by atoms with Crippen LogP contribution in [0.25, 0.3) is 22.2 Å². The molecule has 1 amide bonds. The maximum absolute atomic E-state index is 12.6. The van der Waals surface area contributed by atoms with E-state index in [1.165, 1.54) is 0 Å². The van der Waals surface area contributed by atoms with Crippen molar-refractivity contribution in [2.24, 2.45) is 0 Å². The number of nitrogens with one attached hydrogen (secondary N) is 2. The summed E-state index contributed by atoms with van der Waals surface area (Å²) in [4.78, 5) is 31.3. The van der Waals surface area contributed by atoms with Gasteiger partial charge in [0.2, 0.25) is 5.82 Å². The predicted molar refractivity (Wildman–Crippen MR) is 122 cm³/mol. The summed E-state index contributed by atoms with van der Waals surface area (Å²) in [6.45, 7) is 5.08. The van der Waals surface area contributed by atoms with Gasteiger partial charge >= 0.3 is 0 Å². The average Bonchev–Trinajstić information content (AvgIpc) is 3.28. The van der Waals surface area contributed by atoms with E-state index in [4.69, 9.17) is 4.74 Å². The van der Waals surface area contributed by atoms with Crippen molar-refractivity contribution in [1.29, 1.82) is 0 Å². The molecule has 0 spiro atoms. The molecule has 1 aliphatic heterocycles. The lowest BCUT2D eigenvalue weighted by Crippen LogP contribution is -2.36. The molecule has 4 heterocycles. The van der Waals surface area contributed by atoms with Crippen LogP contribution in [0.5, 0.6) is 0 Å². The molecular weight excluding hydrogens is 404 g/mol. The highest BCUT2D eigenvalue weighted by molar-refractivity contribution is 5.95. The van der Waals surface area contributed by atoms with Gasteiger partial charge in [0.1, 0.15) is 5.65 Å². The van der Waals surface area contributed by atoms with E-state index in [2.05, 4.69) is 36.2 Å². The van der Waals surface area contributed by atoms with Crippen LogP contribution in [0.2, 0.25) is 0 Å². The Bertz CT molecular complexity index is 1220. The number of ether oxygens (including phenoxy) is 1. The van der Waals surface area contributed by atoms with Crippen LogP contribution in [0, 0.1) is 0 Å². The minimum atomic E-state index is -0.303. The number of hydrogen-bond donors (Lipinski definition) is 2. The summed E-state index contributed by atoms with van der Waals surface area (Å²) in [6.07, 6.45) is 7.14. The van der Waals surface area contributed by atoms with Crippen LogP contribution >= 0.6 is 0 Å².